The third kappa shape index (κ3) is 2.64. The number of carbonyl (C=O) groups is 1. The predicted molar refractivity (Wildman–Crippen MR) is 78.5 cm³/mol. The first kappa shape index (κ1) is 12.7. The Hall–Kier alpha value is -2.36. The van der Waals surface area contributed by atoms with Crippen LogP contribution >= 0.6 is 0 Å². The van der Waals surface area contributed by atoms with E-state index in [1.54, 1.807) is 12.3 Å². The van der Waals surface area contributed by atoms with E-state index in [4.69, 9.17) is 5.73 Å². The van der Waals surface area contributed by atoms with Crippen LogP contribution in [0.3, 0.4) is 0 Å². The molecule has 0 saturated heterocycles. The molecule has 1 saturated carbocycles. The van der Waals surface area contributed by atoms with Crippen LogP contribution in [-0.4, -0.2) is 17.4 Å². The van der Waals surface area contributed by atoms with E-state index in [-0.39, 0.29) is 0 Å². The molecule has 1 aliphatic rings. The van der Waals surface area contributed by atoms with Crippen molar-refractivity contribution < 1.29 is 4.79 Å². The maximum Gasteiger partial charge on any atom is 0.252 e. The molecule has 3 rings (SSSR count). The lowest BCUT2D eigenvalue weighted by atomic mass is 10.1. The molecule has 3 N–H and O–H groups in total. The molecule has 20 heavy (non-hydrogen) atoms. The number of rotatable bonds is 5. The van der Waals surface area contributed by atoms with Crippen molar-refractivity contribution in [2.45, 2.75) is 12.3 Å². The monoisotopic (exact) mass is 267 g/mol. The van der Waals surface area contributed by atoms with Gasteiger partial charge >= 0.3 is 0 Å². The summed E-state index contributed by atoms with van der Waals surface area (Å²) in [5.74, 6) is 0.796. The summed E-state index contributed by atoms with van der Waals surface area (Å²) in [6.07, 6.45) is 4.36. The van der Waals surface area contributed by atoms with Crippen LogP contribution in [0.15, 0.2) is 48.8 Å². The van der Waals surface area contributed by atoms with Gasteiger partial charge in [0.05, 0.1) is 11.3 Å². The van der Waals surface area contributed by atoms with Gasteiger partial charge in [-0.1, -0.05) is 30.3 Å². The van der Waals surface area contributed by atoms with E-state index < -0.39 is 5.91 Å². The minimum Gasteiger partial charge on any atom is -0.384 e. The SMILES string of the molecule is NC(=O)c1cnccc1NCC1CC1c1ccccc1. The maximum atomic E-state index is 11.3. The molecule has 0 radical (unpaired) electrons. The van der Waals surface area contributed by atoms with Gasteiger partial charge < -0.3 is 11.1 Å². The highest BCUT2D eigenvalue weighted by Crippen LogP contribution is 2.47. The Bertz CT molecular complexity index is 612. The van der Waals surface area contributed by atoms with Gasteiger partial charge in [-0.3, -0.25) is 9.78 Å². The fraction of sp³-hybridized carbons (Fsp3) is 0.250. The molecule has 0 aliphatic heterocycles. The summed E-state index contributed by atoms with van der Waals surface area (Å²) in [4.78, 5) is 15.2. The standard InChI is InChI=1S/C16H17N3O/c17-16(20)14-10-18-7-6-15(14)19-9-12-8-13(12)11-4-2-1-3-5-11/h1-7,10,12-13H,8-9H2,(H2,17,20)(H,18,19). The van der Waals surface area contributed by atoms with Crippen molar-refractivity contribution in [1.82, 2.24) is 4.98 Å². The second kappa shape index (κ2) is 5.33. The number of primary amides is 1. The number of benzene rings is 1. The van der Waals surface area contributed by atoms with Gasteiger partial charge in [-0.05, 0) is 29.9 Å². The molecule has 0 spiro atoms. The number of carbonyl (C=O) groups excluding carboxylic acids is 1. The smallest absolute Gasteiger partial charge is 0.252 e. The van der Waals surface area contributed by atoms with Crippen molar-refractivity contribution in [3.63, 3.8) is 0 Å². The van der Waals surface area contributed by atoms with E-state index in [1.165, 1.54) is 18.2 Å². The Balaban J connectivity index is 1.61. The molecule has 1 fully saturated rings. The van der Waals surface area contributed by atoms with Gasteiger partial charge in [-0.15, -0.1) is 0 Å². The molecule has 2 unspecified atom stereocenters. The number of aromatic nitrogens is 1. The molecule has 0 bridgehead atoms. The topological polar surface area (TPSA) is 68.0 Å². The Morgan fingerprint density at radius 2 is 2.10 bits per heavy atom. The maximum absolute atomic E-state index is 11.3. The lowest BCUT2D eigenvalue weighted by Gasteiger charge is -2.09. The largest absolute Gasteiger partial charge is 0.384 e. The van der Waals surface area contributed by atoms with E-state index in [1.807, 2.05) is 6.07 Å². The van der Waals surface area contributed by atoms with Crippen molar-refractivity contribution >= 4 is 11.6 Å². The Labute approximate surface area is 118 Å². The summed E-state index contributed by atoms with van der Waals surface area (Å²) in [6, 6.07) is 12.3. The highest BCUT2D eigenvalue weighted by Gasteiger charge is 2.37. The molecule has 1 aromatic heterocycles. The summed E-state index contributed by atoms with van der Waals surface area (Å²) in [7, 11) is 0. The van der Waals surface area contributed by atoms with Crippen LogP contribution < -0.4 is 11.1 Å². The molecule has 2 atom stereocenters. The molecule has 1 aromatic carbocycles. The highest BCUT2D eigenvalue weighted by atomic mass is 16.1. The van der Waals surface area contributed by atoms with Gasteiger partial charge in [-0.25, -0.2) is 0 Å². The third-order valence-corrected chi connectivity index (χ3v) is 3.79. The molecular weight excluding hydrogens is 250 g/mol. The van der Waals surface area contributed by atoms with Crippen LogP contribution in [0.1, 0.15) is 28.3 Å². The minimum absolute atomic E-state index is 0.448. The number of pyridine rings is 1. The van der Waals surface area contributed by atoms with Crippen LogP contribution in [0.4, 0.5) is 5.69 Å². The van der Waals surface area contributed by atoms with Crippen molar-refractivity contribution in [2.24, 2.45) is 11.7 Å². The molecule has 4 heteroatoms. The summed E-state index contributed by atoms with van der Waals surface area (Å²) in [6.45, 7) is 0.851. The Morgan fingerprint density at radius 1 is 1.30 bits per heavy atom. The van der Waals surface area contributed by atoms with Crippen molar-refractivity contribution in [1.29, 1.82) is 0 Å². The van der Waals surface area contributed by atoms with Gasteiger partial charge in [0, 0.05) is 18.9 Å². The lowest BCUT2D eigenvalue weighted by Crippen LogP contribution is -2.15. The van der Waals surface area contributed by atoms with Crippen LogP contribution in [-0.2, 0) is 0 Å². The fourth-order valence-corrected chi connectivity index (χ4v) is 2.57. The van der Waals surface area contributed by atoms with Gasteiger partial charge in [0.25, 0.3) is 5.91 Å². The summed E-state index contributed by atoms with van der Waals surface area (Å²) >= 11 is 0. The number of nitrogens with zero attached hydrogens (tertiary/aromatic N) is 1. The van der Waals surface area contributed by atoms with Crippen LogP contribution in [0.25, 0.3) is 0 Å². The predicted octanol–water partition coefficient (Wildman–Crippen LogP) is 2.40. The van der Waals surface area contributed by atoms with Gasteiger partial charge in [0.1, 0.15) is 0 Å². The van der Waals surface area contributed by atoms with E-state index in [2.05, 4.69) is 34.6 Å². The zero-order chi connectivity index (χ0) is 13.9. The van der Waals surface area contributed by atoms with Crippen molar-refractivity contribution in [3.05, 3.63) is 59.9 Å². The lowest BCUT2D eigenvalue weighted by molar-refractivity contribution is 0.100. The molecule has 2 aromatic rings. The number of amides is 1. The number of hydrogen-bond acceptors (Lipinski definition) is 3. The first-order chi connectivity index (χ1) is 9.75. The summed E-state index contributed by atoms with van der Waals surface area (Å²) in [5, 5.41) is 3.32. The molecular formula is C16H17N3O. The number of anilines is 1. The van der Waals surface area contributed by atoms with Gasteiger partial charge in [0.15, 0.2) is 0 Å². The summed E-state index contributed by atoms with van der Waals surface area (Å²) in [5.41, 5.74) is 7.95. The normalized spacial score (nSPS) is 20.4. The molecule has 1 aliphatic carbocycles. The number of hydrogen-bond donors (Lipinski definition) is 2. The molecule has 1 heterocycles. The quantitative estimate of drug-likeness (QED) is 0.874. The summed E-state index contributed by atoms with van der Waals surface area (Å²) < 4.78 is 0. The zero-order valence-electron chi connectivity index (χ0n) is 11.1. The number of nitrogens with one attached hydrogen (secondary N) is 1. The molecule has 102 valence electrons. The van der Waals surface area contributed by atoms with E-state index in [0.717, 1.165) is 12.2 Å². The average molecular weight is 267 g/mol. The van der Waals surface area contributed by atoms with Crippen molar-refractivity contribution in [2.75, 3.05) is 11.9 Å². The Kier molecular flexibility index (Phi) is 3.37. The van der Waals surface area contributed by atoms with Crippen molar-refractivity contribution in [3.8, 4) is 0 Å². The van der Waals surface area contributed by atoms with E-state index in [9.17, 15) is 4.79 Å². The second-order valence-corrected chi connectivity index (χ2v) is 5.18. The van der Waals surface area contributed by atoms with Gasteiger partial charge in [0.2, 0.25) is 0 Å². The van der Waals surface area contributed by atoms with Gasteiger partial charge in [-0.2, -0.15) is 0 Å². The highest BCUT2D eigenvalue weighted by molar-refractivity contribution is 5.98. The van der Waals surface area contributed by atoms with Crippen LogP contribution in [0.2, 0.25) is 0 Å². The third-order valence-electron chi connectivity index (χ3n) is 3.79. The van der Waals surface area contributed by atoms with E-state index in [0.29, 0.717) is 17.4 Å². The van der Waals surface area contributed by atoms with Crippen LogP contribution in [0, 0.1) is 5.92 Å². The Morgan fingerprint density at radius 3 is 2.85 bits per heavy atom. The molecule has 1 amide bonds. The van der Waals surface area contributed by atoms with Crippen LogP contribution in [0.5, 0.6) is 0 Å². The fourth-order valence-electron chi connectivity index (χ4n) is 2.57. The van der Waals surface area contributed by atoms with E-state index >= 15 is 0 Å². The molecule has 4 nitrogen and oxygen atoms in total. The zero-order valence-corrected chi connectivity index (χ0v) is 11.1. The minimum atomic E-state index is -0.448. The average Bonchev–Trinajstić information content (AvgIpc) is 3.26. The first-order valence-corrected chi connectivity index (χ1v) is 6.78. The number of nitrogens with two attached hydrogens (primary N) is 1. The first-order valence-electron chi connectivity index (χ1n) is 6.78. The second-order valence-electron chi connectivity index (χ2n) is 5.18.